The number of hydrogen-bond acceptors (Lipinski definition) is 3. The number of ether oxygens (including phenoxy) is 2. The molecule has 0 saturated carbocycles. The second-order valence-corrected chi connectivity index (χ2v) is 5.01. The Hall–Kier alpha value is -2.69. The predicted molar refractivity (Wildman–Crippen MR) is 90.0 cm³/mol. The minimum absolute atomic E-state index is 0.227. The molecule has 0 fully saturated rings. The topological polar surface area (TPSA) is 59.6 Å². The Morgan fingerprint density at radius 3 is 2.13 bits per heavy atom. The van der Waals surface area contributed by atoms with Gasteiger partial charge in [0.15, 0.2) is 0 Å². The standard InChI is InChI=1S/C18H22N2O3/c1-15-6-5-9-17(14-15)23-13-11-20-18(21)19-10-12-22-16-7-3-2-4-8-16/h2-9,14H,10-13H2,1H3,(H2,19,20,21). The molecule has 2 aromatic rings. The van der Waals surface area contributed by atoms with E-state index < -0.39 is 0 Å². The molecule has 0 aliphatic carbocycles. The van der Waals surface area contributed by atoms with Crippen molar-refractivity contribution in [3.63, 3.8) is 0 Å². The van der Waals surface area contributed by atoms with Crippen LogP contribution in [0.2, 0.25) is 0 Å². The molecule has 0 aliphatic rings. The van der Waals surface area contributed by atoms with E-state index >= 15 is 0 Å². The third-order valence-electron chi connectivity index (χ3n) is 3.05. The van der Waals surface area contributed by atoms with Crippen LogP contribution in [-0.2, 0) is 0 Å². The molecule has 0 aliphatic heterocycles. The third kappa shape index (κ3) is 6.74. The summed E-state index contributed by atoms with van der Waals surface area (Å²) in [7, 11) is 0. The zero-order chi connectivity index (χ0) is 16.3. The zero-order valence-corrected chi connectivity index (χ0v) is 13.2. The number of benzene rings is 2. The van der Waals surface area contributed by atoms with Crippen molar-refractivity contribution in [2.45, 2.75) is 6.92 Å². The maximum absolute atomic E-state index is 11.6. The zero-order valence-electron chi connectivity index (χ0n) is 13.2. The van der Waals surface area contributed by atoms with Crippen molar-refractivity contribution in [3.8, 4) is 11.5 Å². The van der Waals surface area contributed by atoms with E-state index in [1.54, 1.807) is 0 Å². The lowest BCUT2D eigenvalue weighted by Crippen LogP contribution is -2.39. The first-order valence-electron chi connectivity index (χ1n) is 7.63. The average Bonchev–Trinajstić information content (AvgIpc) is 2.57. The molecule has 122 valence electrons. The first-order chi connectivity index (χ1) is 11.2. The fourth-order valence-electron chi connectivity index (χ4n) is 1.95. The highest BCUT2D eigenvalue weighted by molar-refractivity contribution is 5.73. The van der Waals surface area contributed by atoms with Gasteiger partial charge in [0.2, 0.25) is 0 Å². The Morgan fingerprint density at radius 2 is 1.48 bits per heavy atom. The van der Waals surface area contributed by atoms with Gasteiger partial charge in [-0.3, -0.25) is 0 Å². The first-order valence-corrected chi connectivity index (χ1v) is 7.63. The molecule has 2 amide bonds. The summed E-state index contributed by atoms with van der Waals surface area (Å²) < 4.78 is 11.0. The van der Waals surface area contributed by atoms with Crippen LogP contribution in [0, 0.1) is 6.92 Å². The lowest BCUT2D eigenvalue weighted by Gasteiger charge is -2.10. The van der Waals surface area contributed by atoms with Gasteiger partial charge >= 0.3 is 6.03 Å². The van der Waals surface area contributed by atoms with Crippen LogP contribution < -0.4 is 20.1 Å². The second kappa shape index (κ2) is 9.35. The van der Waals surface area contributed by atoms with E-state index in [4.69, 9.17) is 9.47 Å². The number of carbonyl (C=O) groups is 1. The van der Waals surface area contributed by atoms with E-state index in [1.807, 2.05) is 61.5 Å². The van der Waals surface area contributed by atoms with Gasteiger partial charge in [-0.25, -0.2) is 4.79 Å². The molecule has 2 aromatic carbocycles. The summed E-state index contributed by atoms with van der Waals surface area (Å²) in [5, 5.41) is 5.47. The molecule has 0 unspecified atom stereocenters. The number of hydrogen-bond donors (Lipinski definition) is 2. The van der Waals surface area contributed by atoms with E-state index in [-0.39, 0.29) is 6.03 Å². The molecule has 0 spiro atoms. The van der Waals surface area contributed by atoms with Crippen molar-refractivity contribution in [1.82, 2.24) is 10.6 Å². The Morgan fingerprint density at radius 1 is 0.870 bits per heavy atom. The highest BCUT2D eigenvalue weighted by atomic mass is 16.5. The van der Waals surface area contributed by atoms with Crippen molar-refractivity contribution in [2.75, 3.05) is 26.3 Å². The van der Waals surface area contributed by atoms with Gasteiger partial charge in [-0.2, -0.15) is 0 Å². The van der Waals surface area contributed by atoms with E-state index in [2.05, 4.69) is 10.6 Å². The largest absolute Gasteiger partial charge is 0.492 e. The molecular formula is C18H22N2O3. The lowest BCUT2D eigenvalue weighted by atomic mass is 10.2. The van der Waals surface area contributed by atoms with Gasteiger partial charge in [-0.1, -0.05) is 30.3 Å². The van der Waals surface area contributed by atoms with Crippen LogP contribution in [-0.4, -0.2) is 32.3 Å². The number of nitrogens with one attached hydrogen (secondary N) is 2. The number of carbonyl (C=O) groups excluding carboxylic acids is 1. The maximum Gasteiger partial charge on any atom is 0.315 e. The number of urea groups is 1. The summed E-state index contributed by atoms with van der Waals surface area (Å²) in [6.45, 7) is 3.75. The number of aryl methyl sites for hydroxylation is 1. The minimum Gasteiger partial charge on any atom is -0.492 e. The highest BCUT2D eigenvalue weighted by Gasteiger charge is 2.00. The summed E-state index contributed by atoms with van der Waals surface area (Å²) in [5.74, 6) is 1.60. The van der Waals surface area contributed by atoms with Gasteiger partial charge in [0.05, 0.1) is 13.1 Å². The minimum atomic E-state index is -0.227. The van der Waals surface area contributed by atoms with Gasteiger partial charge in [-0.05, 0) is 36.8 Å². The number of amides is 2. The van der Waals surface area contributed by atoms with E-state index in [0.717, 1.165) is 17.1 Å². The van der Waals surface area contributed by atoms with Crippen LogP contribution in [0.4, 0.5) is 4.79 Å². The summed E-state index contributed by atoms with van der Waals surface area (Å²) in [6.07, 6.45) is 0. The molecule has 23 heavy (non-hydrogen) atoms. The third-order valence-corrected chi connectivity index (χ3v) is 3.05. The van der Waals surface area contributed by atoms with Crippen LogP contribution >= 0.6 is 0 Å². The van der Waals surface area contributed by atoms with Gasteiger partial charge in [0.25, 0.3) is 0 Å². The number of rotatable bonds is 8. The van der Waals surface area contributed by atoms with Crippen molar-refractivity contribution < 1.29 is 14.3 Å². The van der Waals surface area contributed by atoms with E-state index in [9.17, 15) is 4.79 Å². The van der Waals surface area contributed by atoms with Gasteiger partial charge in [0, 0.05) is 0 Å². The summed E-state index contributed by atoms with van der Waals surface area (Å²) >= 11 is 0. The smallest absolute Gasteiger partial charge is 0.315 e. The van der Waals surface area contributed by atoms with Crippen LogP contribution in [0.1, 0.15) is 5.56 Å². The second-order valence-electron chi connectivity index (χ2n) is 5.01. The Kier molecular flexibility index (Phi) is 6.78. The summed E-state index contributed by atoms with van der Waals surface area (Å²) in [4.78, 5) is 11.6. The van der Waals surface area contributed by atoms with Gasteiger partial charge < -0.3 is 20.1 Å². The molecule has 2 rings (SSSR count). The monoisotopic (exact) mass is 314 g/mol. The number of para-hydroxylation sites is 1. The van der Waals surface area contributed by atoms with Crippen molar-refractivity contribution in [1.29, 1.82) is 0 Å². The van der Waals surface area contributed by atoms with Gasteiger partial charge in [-0.15, -0.1) is 0 Å². The lowest BCUT2D eigenvalue weighted by molar-refractivity contribution is 0.232. The fraction of sp³-hybridized carbons (Fsp3) is 0.278. The van der Waals surface area contributed by atoms with Crippen LogP contribution in [0.5, 0.6) is 11.5 Å². The molecule has 0 radical (unpaired) electrons. The van der Waals surface area contributed by atoms with Crippen molar-refractivity contribution >= 4 is 6.03 Å². The molecule has 5 heteroatoms. The molecule has 0 atom stereocenters. The van der Waals surface area contributed by atoms with Crippen LogP contribution in [0.3, 0.4) is 0 Å². The Bertz CT molecular complexity index is 602. The van der Waals surface area contributed by atoms with Gasteiger partial charge in [0.1, 0.15) is 24.7 Å². The fourth-order valence-corrected chi connectivity index (χ4v) is 1.95. The highest BCUT2D eigenvalue weighted by Crippen LogP contribution is 2.11. The van der Waals surface area contributed by atoms with Crippen molar-refractivity contribution in [2.24, 2.45) is 0 Å². The summed E-state index contributed by atoms with van der Waals surface area (Å²) in [5.41, 5.74) is 1.15. The van der Waals surface area contributed by atoms with Crippen LogP contribution in [0.25, 0.3) is 0 Å². The SMILES string of the molecule is Cc1cccc(OCCNC(=O)NCCOc2ccccc2)c1. The van der Waals surface area contributed by atoms with Crippen molar-refractivity contribution in [3.05, 3.63) is 60.2 Å². The predicted octanol–water partition coefficient (Wildman–Crippen LogP) is 2.75. The Labute approximate surface area is 136 Å². The molecule has 2 N–H and O–H groups in total. The van der Waals surface area contributed by atoms with E-state index in [1.165, 1.54) is 0 Å². The van der Waals surface area contributed by atoms with E-state index in [0.29, 0.717) is 26.3 Å². The average molecular weight is 314 g/mol. The normalized spacial score (nSPS) is 9.96. The Balaban J connectivity index is 1.52. The summed E-state index contributed by atoms with van der Waals surface area (Å²) in [6, 6.07) is 17.1. The molecule has 5 nitrogen and oxygen atoms in total. The molecule has 0 saturated heterocycles. The quantitative estimate of drug-likeness (QED) is 0.737. The molecule has 0 heterocycles. The maximum atomic E-state index is 11.6. The molecular weight excluding hydrogens is 292 g/mol. The molecule has 0 aromatic heterocycles. The van der Waals surface area contributed by atoms with Crippen LogP contribution in [0.15, 0.2) is 54.6 Å². The first kappa shape index (κ1) is 16.7. The molecule has 0 bridgehead atoms.